The number of hydrogen-bond acceptors (Lipinski definition) is 0. The molecule has 1 aliphatic rings. The fourth-order valence-corrected chi connectivity index (χ4v) is 0.340. The van der Waals surface area contributed by atoms with E-state index in [1.54, 1.807) is 0 Å². The van der Waals surface area contributed by atoms with Crippen LogP contribution in [0.25, 0.3) is 0 Å². The minimum absolute atomic E-state index is 0.380. The molecule has 0 aliphatic heterocycles. The summed E-state index contributed by atoms with van der Waals surface area (Å²) in [4.78, 5) is 0. The molecule has 1 aliphatic carbocycles. The van der Waals surface area contributed by atoms with Crippen molar-refractivity contribution in [1.82, 2.24) is 0 Å². The van der Waals surface area contributed by atoms with Gasteiger partial charge in [0, 0.05) is 0 Å². The van der Waals surface area contributed by atoms with Gasteiger partial charge in [-0.15, -0.1) is 22.3 Å². The van der Waals surface area contributed by atoms with Gasteiger partial charge in [0.05, 0.1) is 0 Å². The van der Waals surface area contributed by atoms with Crippen LogP contribution in [0.2, 0.25) is 0 Å². The van der Waals surface area contributed by atoms with Gasteiger partial charge in [-0.25, -0.2) is 12.2 Å². The van der Waals surface area contributed by atoms with Crippen molar-refractivity contribution in [2.24, 2.45) is 0 Å². The van der Waals surface area contributed by atoms with Gasteiger partial charge in [0.2, 0.25) is 0 Å². The van der Waals surface area contributed by atoms with Crippen LogP contribution in [0.4, 0.5) is 0 Å². The van der Waals surface area contributed by atoms with Crippen molar-refractivity contribution in [3.63, 3.8) is 0 Å². The summed E-state index contributed by atoms with van der Waals surface area (Å²) >= 11 is 5.03. The number of hydrogen-bond donors (Lipinski definition) is 0. The Balaban J connectivity index is -0.000000135. The molecule has 0 N–H and O–H groups in total. The summed E-state index contributed by atoms with van der Waals surface area (Å²) in [6.07, 6.45) is 10.0. The first-order valence-corrected chi connectivity index (χ1v) is 13.9. The molecule has 0 atom stereocenters. The van der Waals surface area contributed by atoms with Crippen LogP contribution in [0.5, 0.6) is 0 Å². The van der Waals surface area contributed by atoms with Gasteiger partial charge >= 0.3 is 30.0 Å². The Morgan fingerprint density at radius 1 is 1.00 bits per heavy atom. The summed E-state index contributed by atoms with van der Waals surface area (Å²) < 4.78 is 0. The summed E-state index contributed by atoms with van der Waals surface area (Å²) in [6, 6.07) is 0. The van der Waals surface area contributed by atoms with E-state index >= 15 is 0 Å². The van der Waals surface area contributed by atoms with Crippen LogP contribution >= 0.6 is 29.5 Å². The van der Waals surface area contributed by atoms with E-state index in [1.165, 1.54) is 0 Å². The minimum atomic E-state index is 0.380. The van der Waals surface area contributed by atoms with Gasteiger partial charge in [-0.2, -0.15) is 6.08 Å². The van der Waals surface area contributed by atoms with Crippen LogP contribution in [0.15, 0.2) is 18.2 Å². The molecule has 0 unspecified atom stereocenters. The molecule has 0 aromatic carbocycles. The molecule has 0 aromatic heterocycles. The SMILES string of the molecule is CP(C)C.CP(C)C.[Br][Ru+].[C-]1=CC=CC1. The predicted molar refractivity (Wildman–Crippen MR) is 79.9 cm³/mol. The maximum absolute atomic E-state index is 2.99. The Kier molecular flexibility index (Phi) is 30.1. The van der Waals surface area contributed by atoms with E-state index in [9.17, 15) is 0 Å². The van der Waals surface area contributed by atoms with Gasteiger partial charge in [-0.05, 0) is 40.0 Å². The third-order valence-corrected chi connectivity index (χ3v) is 0.586. The van der Waals surface area contributed by atoms with E-state index in [-0.39, 0.29) is 0 Å². The van der Waals surface area contributed by atoms with E-state index in [0.717, 1.165) is 6.42 Å². The van der Waals surface area contributed by atoms with Gasteiger partial charge < -0.3 is 0 Å². The Morgan fingerprint density at radius 3 is 1.40 bits per heavy atom. The van der Waals surface area contributed by atoms with Gasteiger partial charge in [-0.1, -0.05) is 0 Å². The van der Waals surface area contributed by atoms with Crippen molar-refractivity contribution in [1.29, 1.82) is 0 Å². The van der Waals surface area contributed by atoms with Crippen LogP contribution in [0.3, 0.4) is 0 Å². The summed E-state index contributed by atoms with van der Waals surface area (Å²) in [6.45, 7) is 13.4. The van der Waals surface area contributed by atoms with E-state index in [2.05, 4.69) is 82.1 Å². The van der Waals surface area contributed by atoms with Crippen LogP contribution in [-0.4, -0.2) is 40.0 Å². The fourth-order valence-electron chi connectivity index (χ4n) is 0.340. The van der Waals surface area contributed by atoms with E-state index in [0.29, 0.717) is 15.8 Å². The van der Waals surface area contributed by atoms with E-state index in [1.807, 2.05) is 12.2 Å². The molecule has 1 rings (SSSR count). The topological polar surface area (TPSA) is 0 Å². The molecule has 0 saturated carbocycles. The maximum atomic E-state index is 2.99. The molecular formula is C11H23BrP2Ru. The first-order valence-electron chi connectivity index (χ1n) is 4.53. The molecular weight excluding hydrogens is 375 g/mol. The second-order valence-corrected chi connectivity index (χ2v) is 9.05. The average Bonchev–Trinajstić information content (AvgIpc) is 2.61. The molecule has 4 heteroatoms. The van der Waals surface area contributed by atoms with E-state index < -0.39 is 0 Å². The fraction of sp³-hybridized carbons (Fsp3) is 0.636. The van der Waals surface area contributed by atoms with Gasteiger partial charge in [0.15, 0.2) is 0 Å². The molecule has 0 saturated heterocycles. The van der Waals surface area contributed by atoms with Gasteiger partial charge in [-0.3, -0.25) is 6.08 Å². The summed E-state index contributed by atoms with van der Waals surface area (Å²) in [5.74, 6) is 0. The Morgan fingerprint density at radius 2 is 1.33 bits per heavy atom. The largest absolute Gasteiger partial charge is 0.273 e. The number of rotatable bonds is 0. The Bertz CT molecular complexity index is 124. The standard InChI is InChI=1S/C5H5.2C3H9P.BrH.Ru/c1-2-4-5-3-1;2*1-4(2)3;;/h1-3H,4H2;2*1-3H3;1H;/q-1;;;;+2/p-1. The second kappa shape index (κ2) is 20.8. The normalized spacial score (nSPS) is 11.1. The summed E-state index contributed by atoms with van der Waals surface area (Å²) in [5.41, 5.74) is 0. The molecule has 0 bridgehead atoms. The molecule has 15 heavy (non-hydrogen) atoms. The van der Waals surface area contributed by atoms with Crippen molar-refractivity contribution in [3.05, 3.63) is 24.3 Å². The smallest absolute Gasteiger partial charge is 0.109 e. The number of allylic oxidation sites excluding steroid dienone is 4. The Hall–Kier alpha value is 1.44. The molecule has 0 radical (unpaired) electrons. The summed E-state index contributed by atoms with van der Waals surface area (Å²) in [7, 11) is 0.759. The molecule has 0 nitrogen and oxygen atoms in total. The second-order valence-electron chi connectivity index (χ2n) is 3.69. The van der Waals surface area contributed by atoms with Crippen LogP contribution in [-0.2, 0) is 16.3 Å². The molecule has 0 spiro atoms. The quantitative estimate of drug-likeness (QED) is 0.311. The van der Waals surface area contributed by atoms with Gasteiger partial charge in [0.1, 0.15) is 0 Å². The third-order valence-electron chi connectivity index (χ3n) is 0.586. The van der Waals surface area contributed by atoms with Crippen molar-refractivity contribution < 1.29 is 16.3 Å². The average molecular weight is 398 g/mol. The van der Waals surface area contributed by atoms with Crippen LogP contribution in [0, 0.1) is 6.08 Å². The van der Waals surface area contributed by atoms with Gasteiger partial charge in [0.25, 0.3) is 0 Å². The van der Waals surface area contributed by atoms with Crippen LogP contribution < -0.4 is 0 Å². The molecule has 92 valence electrons. The Labute approximate surface area is 116 Å². The first kappa shape index (κ1) is 21.7. The monoisotopic (exact) mass is 398 g/mol. The van der Waals surface area contributed by atoms with Crippen molar-refractivity contribution >= 4 is 29.5 Å². The molecule has 0 aromatic rings. The molecule has 0 amide bonds. The number of halogens is 1. The zero-order chi connectivity index (χ0) is 12.7. The van der Waals surface area contributed by atoms with Crippen molar-refractivity contribution in [2.75, 3.05) is 40.0 Å². The zero-order valence-electron chi connectivity index (χ0n) is 10.6. The molecule has 0 fully saturated rings. The zero-order valence-corrected chi connectivity index (χ0v) is 15.7. The van der Waals surface area contributed by atoms with Crippen molar-refractivity contribution in [2.45, 2.75) is 6.42 Å². The maximum Gasteiger partial charge on any atom is -0.109 e. The third kappa shape index (κ3) is 67.2. The predicted octanol–water partition coefficient (Wildman–Crippen LogP) is 4.86. The minimum Gasteiger partial charge on any atom is -0.273 e. The molecule has 0 heterocycles. The van der Waals surface area contributed by atoms with Crippen LogP contribution in [0.1, 0.15) is 6.42 Å². The first-order chi connectivity index (χ1) is 6.96. The van der Waals surface area contributed by atoms with E-state index in [4.69, 9.17) is 0 Å². The summed E-state index contributed by atoms with van der Waals surface area (Å²) in [5, 5.41) is 0. The van der Waals surface area contributed by atoms with Crippen molar-refractivity contribution in [3.8, 4) is 0 Å².